The van der Waals surface area contributed by atoms with Crippen molar-refractivity contribution in [1.82, 2.24) is 4.31 Å². The van der Waals surface area contributed by atoms with Crippen molar-refractivity contribution in [1.29, 1.82) is 0 Å². The molecule has 148 valence electrons. The van der Waals surface area contributed by atoms with E-state index in [1.165, 1.54) is 53.9 Å². The lowest BCUT2D eigenvalue weighted by atomic mass is 10.2. The molecule has 2 aromatic carbocycles. The van der Waals surface area contributed by atoms with Gasteiger partial charge in [0.15, 0.2) is 0 Å². The van der Waals surface area contributed by atoms with Gasteiger partial charge < -0.3 is 14.2 Å². The van der Waals surface area contributed by atoms with Crippen LogP contribution in [-0.2, 0) is 19.5 Å². The van der Waals surface area contributed by atoms with E-state index in [9.17, 15) is 18.0 Å². The van der Waals surface area contributed by atoms with Crippen molar-refractivity contribution in [2.24, 2.45) is 0 Å². The highest BCUT2D eigenvalue weighted by molar-refractivity contribution is 7.89. The van der Waals surface area contributed by atoms with E-state index < -0.39 is 22.0 Å². The average molecular weight is 405 g/mol. The van der Waals surface area contributed by atoms with E-state index in [0.717, 1.165) is 0 Å². The summed E-state index contributed by atoms with van der Waals surface area (Å²) in [6, 6.07) is 11.6. The maximum atomic E-state index is 12.7. The van der Waals surface area contributed by atoms with E-state index in [0.29, 0.717) is 13.2 Å². The number of sulfonamides is 1. The number of carbonyl (C=O) groups is 2. The van der Waals surface area contributed by atoms with Gasteiger partial charge in [0.05, 0.1) is 36.3 Å². The van der Waals surface area contributed by atoms with Crippen molar-refractivity contribution in [3.8, 4) is 5.75 Å². The lowest BCUT2D eigenvalue weighted by Crippen LogP contribution is -2.40. The highest BCUT2D eigenvalue weighted by atomic mass is 32.2. The van der Waals surface area contributed by atoms with Gasteiger partial charge in [0.2, 0.25) is 10.0 Å². The molecule has 1 aliphatic heterocycles. The van der Waals surface area contributed by atoms with Crippen molar-refractivity contribution >= 4 is 22.0 Å². The summed E-state index contributed by atoms with van der Waals surface area (Å²) >= 11 is 0. The third-order valence-corrected chi connectivity index (χ3v) is 6.04. The van der Waals surface area contributed by atoms with E-state index in [1.54, 1.807) is 6.07 Å². The Bertz CT molecular complexity index is 981. The summed E-state index contributed by atoms with van der Waals surface area (Å²) in [7, 11) is -2.48. The van der Waals surface area contributed by atoms with Crippen LogP contribution >= 0.6 is 0 Å². The van der Waals surface area contributed by atoms with Gasteiger partial charge in [-0.1, -0.05) is 12.1 Å². The largest absolute Gasteiger partial charge is 0.465 e. The Morgan fingerprint density at radius 2 is 1.61 bits per heavy atom. The molecule has 0 aliphatic carbocycles. The number of carbonyl (C=O) groups excluding carboxylic acids is 2. The number of benzene rings is 2. The van der Waals surface area contributed by atoms with Crippen molar-refractivity contribution in [3.05, 3.63) is 59.7 Å². The minimum atomic E-state index is -3.73. The molecule has 0 unspecified atom stereocenters. The molecule has 28 heavy (non-hydrogen) atoms. The second-order valence-corrected chi connectivity index (χ2v) is 7.89. The molecule has 3 rings (SSSR count). The van der Waals surface area contributed by atoms with Crippen LogP contribution in [-0.4, -0.2) is 58.1 Å². The standard InChI is InChI=1S/C19H19NO7S/c1-25-18(21)14-4-2-6-16(12-14)27-19(22)15-5-3-7-17(13-15)28(23,24)20-8-10-26-11-9-20/h2-7,12-13H,8-11H2,1H3. The Hall–Kier alpha value is -2.75. The van der Waals surface area contributed by atoms with Crippen LogP contribution in [0.1, 0.15) is 20.7 Å². The molecule has 0 atom stereocenters. The predicted molar refractivity (Wildman–Crippen MR) is 98.8 cm³/mol. The molecule has 1 fully saturated rings. The number of morpholine rings is 1. The Morgan fingerprint density at radius 1 is 0.964 bits per heavy atom. The number of rotatable bonds is 5. The number of methoxy groups -OCH3 is 1. The normalized spacial score (nSPS) is 15.0. The lowest BCUT2D eigenvalue weighted by Gasteiger charge is -2.26. The first-order chi connectivity index (χ1) is 13.4. The molecule has 0 N–H and O–H groups in total. The number of esters is 2. The highest BCUT2D eigenvalue weighted by Gasteiger charge is 2.27. The third kappa shape index (κ3) is 4.38. The van der Waals surface area contributed by atoms with Gasteiger partial charge >= 0.3 is 11.9 Å². The molecule has 1 aliphatic rings. The molecule has 9 heteroatoms. The summed E-state index contributed by atoms with van der Waals surface area (Å²) in [4.78, 5) is 24.0. The zero-order chi connectivity index (χ0) is 20.1. The molecular formula is C19H19NO7S. The van der Waals surface area contributed by atoms with Crippen molar-refractivity contribution in [2.45, 2.75) is 4.90 Å². The van der Waals surface area contributed by atoms with Gasteiger partial charge in [-0.3, -0.25) is 0 Å². The minimum absolute atomic E-state index is 0.00663. The molecule has 1 saturated heterocycles. The minimum Gasteiger partial charge on any atom is -0.465 e. The van der Waals surface area contributed by atoms with E-state index in [2.05, 4.69) is 4.74 Å². The molecule has 0 bridgehead atoms. The summed E-state index contributed by atoms with van der Waals surface area (Å²) in [5.74, 6) is -1.15. The van der Waals surface area contributed by atoms with Gasteiger partial charge in [0.25, 0.3) is 0 Å². The maximum Gasteiger partial charge on any atom is 0.343 e. The monoisotopic (exact) mass is 405 g/mol. The molecule has 0 amide bonds. The van der Waals surface area contributed by atoms with Crippen LogP contribution < -0.4 is 4.74 Å². The number of nitrogens with zero attached hydrogens (tertiary/aromatic N) is 1. The van der Waals surface area contributed by atoms with Gasteiger partial charge in [0.1, 0.15) is 5.75 Å². The number of ether oxygens (including phenoxy) is 3. The second-order valence-electron chi connectivity index (χ2n) is 5.95. The van der Waals surface area contributed by atoms with Crippen LogP contribution in [0.25, 0.3) is 0 Å². The Balaban J connectivity index is 1.80. The summed E-state index contributed by atoms with van der Waals surface area (Å²) in [5, 5.41) is 0. The fourth-order valence-corrected chi connectivity index (χ4v) is 4.14. The van der Waals surface area contributed by atoms with E-state index in [4.69, 9.17) is 9.47 Å². The quantitative estimate of drug-likeness (QED) is 0.552. The Morgan fingerprint density at radius 3 is 2.29 bits per heavy atom. The van der Waals surface area contributed by atoms with Gasteiger partial charge in [-0.25, -0.2) is 18.0 Å². The van der Waals surface area contributed by atoms with Crippen LogP contribution in [0.2, 0.25) is 0 Å². The topological polar surface area (TPSA) is 99.2 Å². The number of hydrogen-bond acceptors (Lipinski definition) is 7. The number of hydrogen-bond donors (Lipinski definition) is 0. The molecule has 8 nitrogen and oxygen atoms in total. The predicted octanol–water partition coefficient (Wildman–Crippen LogP) is 1.71. The van der Waals surface area contributed by atoms with Gasteiger partial charge in [-0.15, -0.1) is 0 Å². The van der Waals surface area contributed by atoms with Crippen LogP contribution in [0.5, 0.6) is 5.75 Å². The smallest absolute Gasteiger partial charge is 0.343 e. The Kier molecular flexibility index (Phi) is 6.08. The van der Waals surface area contributed by atoms with Gasteiger partial charge in [-0.05, 0) is 36.4 Å². The summed E-state index contributed by atoms with van der Waals surface area (Å²) < 4.78 is 41.9. The van der Waals surface area contributed by atoms with Crippen LogP contribution in [0.4, 0.5) is 0 Å². The maximum absolute atomic E-state index is 12.7. The molecule has 1 heterocycles. The molecule has 2 aromatic rings. The fourth-order valence-electron chi connectivity index (χ4n) is 2.69. The molecule has 0 saturated carbocycles. The average Bonchev–Trinajstić information content (AvgIpc) is 2.74. The van der Waals surface area contributed by atoms with Gasteiger partial charge in [0, 0.05) is 13.1 Å². The first kappa shape index (κ1) is 20.0. The molecule has 0 radical (unpaired) electrons. The van der Waals surface area contributed by atoms with Crippen molar-refractivity contribution in [3.63, 3.8) is 0 Å². The van der Waals surface area contributed by atoms with Crippen molar-refractivity contribution in [2.75, 3.05) is 33.4 Å². The first-order valence-corrected chi connectivity index (χ1v) is 9.94. The summed E-state index contributed by atoms with van der Waals surface area (Å²) in [6.07, 6.45) is 0. The summed E-state index contributed by atoms with van der Waals surface area (Å²) in [5.41, 5.74) is 0.314. The molecule has 0 spiro atoms. The highest BCUT2D eigenvalue weighted by Crippen LogP contribution is 2.20. The molecular weight excluding hydrogens is 386 g/mol. The van der Waals surface area contributed by atoms with E-state index in [-0.39, 0.29) is 34.9 Å². The first-order valence-electron chi connectivity index (χ1n) is 8.50. The van der Waals surface area contributed by atoms with E-state index in [1.807, 2.05) is 0 Å². The van der Waals surface area contributed by atoms with Gasteiger partial charge in [-0.2, -0.15) is 4.31 Å². The fraction of sp³-hybridized carbons (Fsp3) is 0.263. The SMILES string of the molecule is COC(=O)c1cccc(OC(=O)c2cccc(S(=O)(=O)N3CCOCC3)c2)c1. The van der Waals surface area contributed by atoms with Crippen molar-refractivity contribution < 1.29 is 32.2 Å². The third-order valence-electron chi connectivity index (χ3n) is 4.14. The van der Waals surface area contributed by atoms with Crippen LogP contribution in [0.3, 0.4) is 0 Å². The zero-order valence-corrected chi connectivity index (χ0v) is 16.0. The lowest BCUT2D eigenvalue weighted by molar-refractivity contribution is 0.0597. The Labute approximate surface area is 162 Å². The molecule has 0 aromatic heterocycles. The van der Waals surface area contributed by atoms with Crippen LogP contribution in [0, 0.1) is 0 Å². The second kappa shape index (κ2) is 8.51. The van der Waals surface area contributed by atoms with Crippen LogP contribution in [0.15, 0.2) is 53.4 Å². The van der Waals surface area contributed by atoms with E-state index >= 15 is 0 Å². The summed E-state index contributed by atoms with van der Waals surface area (Å²) in [6.45, 7) is 1.18. The zero-order valence-electron chi connectivity index (χ0n) is 15.2.